The Balaban J connectivity index is 2.04. The smallest absolute Gasteiger partial charge is 0.431 e. The van der Waals surface area contributed by atoms with Crippen LogP contribution in [0.5, 0.6) is 11.5 Å². The largest absolute Gasteiger partial charge is 0.502 e. The molecule has 0 radical (unpaired) electrons. The normalized spacial score (nSPS) is 12.3. The van der Waals surface area contributed by atoms with Gasteiger partial charge in [-0.1, -0.05) is 6.07 Å². The van der Waals surface area contributed by atoms with E-state index in [9.17, 15) is 38.0 Å². The zero-order valence-electron chi connectivity index (χ0n) is 15.9. The van der Waals surface area contributed by atoms with Crippen LogP contribution in [0.4, 0.5) is 18.9 Å². The number of rotatable bonds is 7. The van der Waals surface area contributed by atoms with Crippen LogP contribution in [0.15, 0.2) is 35.1 Å². The van der Waals surface area contributed by atoms with E-state index >= 15 is 0 Å². The summed E-state index contributed by atoms with van der Waals surface area (Å²) in [6.45, 7) is 1.58. The fourth-order valence-corrected chi connectivity index (χ4v) is 2.54. The number of carbonyl (C=O) groups excluding carboxylic acids is 1. The molecular formula is C18H18F3N3O6. The molecule has 1 aromatic heterocycles. The number of nitro groups is 1. The first kappa shape index (κ1) is 22.7. The maximum Gasteiger partial charge on any atom is 0.431 e. The van der Waals surface area contributed by atoms with E-state index in [2.05, 4.69) is 5.32 Å². The van der Waals surface area contributed by atoms with E-state index < -0.39 is 45.6 Å². The second kappa shape index (κ2) is 8.84. The number of halogens is 3. The second-order valence-corrected chi connectivity index (χ2v) is 6.42. The van der Waals surface area contributed by atoms with Crippen molar-refractivity contribution in [3.05, 3.63) is 62.1 Å². The minimum Gasteiger partial charge on any atom is -0.502 e. The molecule has 1 heterocycles. The van der Waals surface area contributed by atoms with Crippen LogP contribution >= 0.6 is 0 Å². The molecule has 0 aliphatic heterocycles. The van der Waals surface area contributed by atoms with E-state index in [4.69, 9.17) is 4.74 Å². The minimum absolute atomic E-state index is 0.0406. The van der Waals surface area contributed by atoms with Crippen LogP contribution in [-0.2, 0) is 13.2 Å². The lowest BCUT2D eigenvalue weighted by Crippen LogP contribution is -2.35. The van der Waals surface area contributed by atoms with Gasteiger partial charge in [-0.15, -0.1) is 0 Å². The van der Waals surface area contributed by atoms with Crippen LogP contribution in [-0.4, -0.2) is 33.2 Å². The lowest BCUT2D eigenvalue weighted by molar-refractivity contribution is -0.384. The Labute approximate surface area is 167 Å². The number of aromatic hydroxyl groups is 1. The monoisotopic (exact) mass is 429 g/mol. The van der Waals surface area contributed by atoms with Gasteiger partial charge in [0.2, 0.25) is 0 Å². The number of nitrogens with one attached hydrogen (secondary N) is 1. The third-order valence-corrected chi connectivity index (χ3v) is 4.17. The van der Waals surface area contributed by atoms with E-state index in [1.54, 1.807) is 0 Å². The van der Waals surface area contributed by atoms with E-state index in [1.807, 2.05) is 0 Å². The van der Waals surface area contributed by atoms with Gasteiger partial charge >= 0.3 is 6.18 Å². The van der Waals surface area contributed by atoms with E-state index in [0.29, 0.717) is 6.07 Å². The summed E-state index contributed by atoms with van der Waals surface area (Å²) in [4.78, 5) is 34.2. The summed E-state index contributed by atoms with van der Waals surface area (Å²) < 4.78 is 44.7. The highest BCUT2D eigenvalue weighted by molar-refractivity contribution is 5.97. The lowest BCUT2D eigenvalue weighted by Gasteiger charge is -2.17. The van der Waals surface area contributed by atoms with Gasteiger partial charge in [0, 0.05) is 25.6 Å². The van der Waals surface area contributed by atoms with Gasteiger partial charge in [0.15, 0.2) is 5.75 Å². The Morgan fingerprint density at radius 3 is 2.63 bits per heavy atom. The molecule has 0 bridgehead atoms. The van der Waals surface area contributed by atoms with Crippen molar-refractivity contribution < 1.29 is 32.7 Å². The molecule has 12 heteroatoms. The van der Waals surface area contributed by atoms with Crippen molar-refractivity contribution in [1.29, 1.82) is 0 Å². The molecule has 2 rings (SSSR count). The zero-order valence-corrected chi connectivity index (χ0v) is 15.9. The zero-order chi connectivity index (χ0) is 22.6. The van der Waals surface area contributed by atoms with E-state index in [1.165, 1.54) is 31.2 Å². The number of nitrogens with zero attached hydrogens (tertiary/aromatic N) is 2. The Morgan fingerprint density at radius 1 is 1.37 bits per heavy atom. The predicted molar refractivity (Wildman–Crippen MR) is 98.5 cm³/mol. The van der Waals surface area contributed by atoms with Gasteiger partial charge in [-0.05, 0) is 19.1 Å². The molecule has 0 fully saturated rings. The quantitative estimate of drug-likeness (QED) is 0.515. The molecule has 0 spiro atoms. The molecule has 162 valence electrons. The molecule has 1 atom stereocenters. The lowest BCUT2D eigenvalue weighted by atomic mass is 10.1. The molecule has 0 saturated heterocycles. The van der Waals surface area contributed by atoms with Crippen molar-refractivity contribution in [2.75, 3.05) is 6.61 Å². The van der Waals surface area contributed by atoms with E-state index in [0.717, 1.165) is 7.05 Å². The van der Waals surface area contributed by atoms with Gasteiger partial charge in [0.25, 0.3) is 17.2 Å². The number of nitro benzene ring substituents is 1. The molecule has 2 aromatic rings. The van der Waals surface area contributed by atoms with Crippen molar-refractivity contribution in [1.82, 2.24) is 9.88 Å². The second-order valence-electron chi connectivity index (χ2n) is 6.42. The van der Waals surface area contributed by atoms with Crippen LogP contribution in [0.1, 0.15) is 29.4 Å². The van der Waals surface area contributed by atoms with Crippen molar-refractivity contribution in [2.45, 2.75) is 25.6 Å². The van der Waals surface area contributed by atoms with Gasteiger partial charge in [0.05, 0.1) is 23.2 Å². The number of ether oxygens (including phenoxy) is 1. The van der Waals surface area contributed by atoms with Crippen LogP contribution in [0.25, 0.3) is 0 Å². The molecule has 30 heavy (non-hydrogen) atoms. The first-order valence-electron chi connectivity index (χ1n) is 8.60. The molecule has 0 saturated carbocycles. The molecule has 0 aliphatic rings. The third kappa shape index (κ3) is 5.27. The van der Waals surface area contributed by atoms with Gasteiger partial charge in [-0.2, -0.15) is 13.2 Å². The summed E-state index contributed by atoms with van der Waals surface area (Å²) in [6.07, 6.45) is -4.69. The maximum absolute atomic E-state index is 13.0. The summed E-state index contributed by atoms with van der Waals surface area (Å²) in [7, 11) is 0.834. The standard InChI is InChI=1S/C18H18F3N3O6/c1-10(6-7-30-12-5-3-4-11(8-12)24(28)29)22-16(26)13-9-14(18(19,20)21)23(2)17(27)15(13)25/h3-5,8-10,25H,6-7H2,1-2H3,(H,22,26). The van der Waals surface area contributed by atoms with Crippen LogP contribution in [0.3, 0.4) is 0 Å². The Hall–Kier alpha value is -3.57. The van der Waals surface area contributed by atoms with Crippen LogP contribution < -0.4 is 15.6 Å². The van der Waals surface area contributed by atoms with Gasteiger partial charge in [-0.25, -0.2) is 0 Å². The van der Waals surface area contributed by atoms with Gasteiger partial charge in [0.1, 0.15) is 11.4 Å². The Kier molecular flexibility index (Phi) is 6.70. The number of non-ortho nitro benzene ring substituents is 1. The number of hydrogen-bond acceptors (Lipinski definition) is 6. The maximum atomic E-state index is 13.0. The average molecular weight is 429 g/mol. The SMILES string of the molecule is CC(CCOc1cccc([N+](=O)[O-])c1)NC(=O)c1cc(C(F)(F)F)n(C)c(=O)c1O. The molecule has 2 N–H and O–H groups in total. The fourth-order valence-electron chi connectivity index (χ4n) is 2.54. The number of hydrogen-bond donors (Lipinski definition) is 2. The highest BCUT2D eigenvalue weighted by Gasteiger charge is 2.36. The number of benzene rings is 1. The number of amides is 1. The molecular weight excluding hydrogens is 411 g/mol. The number of pyridine rings is 1. The topological polar surface area (TPSA) is 124 Å². The molecule has 0 aliphatic carbocycles. The molecule has 1 aromatic carbocycles. The van der Waals surface area contributed by atoms with Crippen molar-refractivity contribution in [2.24, 2.45) is 7.05 Å². The minimum atomic E-state index is -4.89. The number of alkyl halides is 3. The first-order chi connectivity index (χ1) is 13.9. The van der Waals surface area contributed by atoms with Crippen molar-refractivity contribution in [3.8, 4) is 11.5 Å². The number of carbonyl (C=O) groups is 1. The summed E-state index contributed by atoms with van der Waals surface area (Å²) >= 11 is 0. The van der Waals surface area contributed by atoms with Crippen LogP contribution in [0.2, 0.25) is 0 Å². The van der Waals surface area contributed by atoms with Crippen molar-refractivity contribution in [3.63, 3.8) is 0 Å². The highest BCUT2D eigenvalue weighted by atomic mass is 19.4. The summed E-state index contributed by atoms with van der Waals surface area (Å²) in [5.41, 5.74) is -3.68. The highest BCUT2D eigenvalue weighted by Crippen LogP contribution is 2.30. The first-order valence-corrected chi connectivity index (χ1v) is 8.60. The Morgan fingerprint density at radius 2 is 2.03 bits per heavy atom. The molecule has 1 amide bonds. The predicted octanol–water partition coefficient (Wildman–Crippen LogP) is 2.61. The fraction of sp³-hybridized carbons (Fsp3) is 0.333. The van der Waals surface area contributed by atoms with E-state index in [-0.39, 0.29) is 29.0 Å². The number of aromatic nitrogens is 1. The third-order valence-electron chi connectivity index (χ3n) is 4.17. The summed E-state index contributed by atoms with van der Waals surface area (Å²) in [5.74, 6) is -1.91. The molecule has 1 unspecified atom stereocenters. The average Bonchev–Trinajstić information content (AvgIpc) is 2.65. The Bertz CT molecular complexity index is 1020. The van der Waals surface area contributed by atoms with Gasteiger partial charge < -0.3 is 19.7 Å². The summed E-state index contributed by atoms with van der Waals surface area (Å²) in [6, 6.07) is 5.26. The van der Waals surface area contributed by atoms with Crippen molar-refractivity contribution >= 4 is 11.6 Å². The van der Waals surface area contributed by atoms with Gasteiger partial charge in [-0.3, -0.25) is 19.7 Å². The van der Waals surface area contributed by atoms with Crippen LogP contribution in [0, 0.1) is 10.1 Å². The summed E-state index contributed by atoms with van der Waals surface area (Å²) in [5, 5.41) is 22.9. The molecule has 9 nitrogen and oxygen atoms in total.